The Kier molecular flexibility index (Phi) is 7.57. The number of sulfonamides is 1. The molecule has 0 saturated carbocycles. The molecule has 0 fully saturated rings. The van der Waals surface area contributed by atoms with Crippen LogP contribution in [0, 0.1) is 5.92 Å². The molecule has 0 aliphatic heterocycles. The molecule has 4 N–H and O–H groups in total. The molecule has 0 unspecified atom stereocenters. The van der Waals surface area contributed by atoms with E-state index in [0.717, 1.165) is 9.87 Å². The normalized spacial score (nSPS) is 14.0. The van der Waals surface area contributed by atoms with E-state index in [2.05, 4.69) is 10.3 Å². The predicted molar refractivity (Wildman–Crippen MR) is 122 cm³/mol. The van der Waals surface area contributed by atoms with E-state index < -0.39 is 34.0 Å². The Morgan fingerprint density at radius 1 is 1.15 bits per heavy atom. The number of amides is 1. The number of rotatable bonds is 10. The van der Waals surface area contributed by atoms with E-state index in [4.69, 9.17) is 4.42 Å². The van der Waals surface area contributed by atoms with Crippen molar-refractivity contribution in [1.82, 2.24) is 14.6 Å². The summed E-state index contributed by atoms with van der Waals surface area (Å²) in [5, 5.41) is 22.4. The highest BCUT2D eigenvalue weighted by Crippen LogP contribution is 2.22. The van der Waals surface area contributed by atoms with E-state index >= 15 is 0 Å². The van der Waals surface area contributed by atoms with Crippen molar-refractivity contribution in [1.29, 1.82) is 0 Å². The predicted octanol–water partition coefficient (Wildman–Crippen LogP) is 2.01. The lowest BCUT2D eigenvalue weighted by Crippen LogP contribution is -2.50. The van der Waals surface area contributed by atoms with Gasteiger partial charge in [-0.15, -0.1) is 0 Å². The Hall–Kier alpha value is -3.15. The summed E-state index contributed by atoms with van der Waals surface area (Å²) in [6.45, 7) is 3.44. The average Bonchev–Trinajstić information content (AvgIpc) is 3.12. The van der Waals surface area contributed by atoms with Gasteiger partial charge in [-0.1, -0.05) is 44.2 Å². The maximum absolute atomic E-state index is 13.4. The van der Waals surface area contributed by atoms with Crippen LogP contribution in [0.3, 0.4) is 0 Å². The Balaban J connectivity index is 1.89. The first-order valence-electron chi connectivity index (χ1n) is 10.4. The molecule has 33 heavy (non-hydrogen) atoms. The molecule has 0 aliphatic rings. The van der Waals surface area contributed by atoms with Crippen molar-refractivity contribution >= 4 is 27.2 Å². The number of H-pyrrole nitrogens is 1. The van der Waals surface area contributed by atoms with Crippen LogP contribution in [0.1, 0.15) is 19.4 Å². The number of aromatic nitrogens is 1. The zero-order chi connectivity index (χ0) is 24.2. The van der Waals surface area contributed by atoms with Gasteiger partial charge < -0.3 is 19.9 Å². The van der Waals surface area contributed by atoms with E-state index in [1.807, 2.05) is 19.9 Å². The van der Waals surface area contributed by atoms with Crippen LogP contribution in [0.5, 0.6) is 0 Å². The molecule has 0 aliphatic carbocycles. The van der Waals surface area contributed by atoms with Gasteiger partial charge in [0.05, 0.1) is 22.6 Å². The van der Waals surface area contributed by atoms with Crippen LogP contribution < -0.4 is 11.1 Å². The first-order chi connectivity index (χ1) is 15.6. The van der Waals surface area contributed by atoms with Crippen molar-refractivity contribution in [3.05, 3.63) is 64.6 Å². The third-order valence-electron chi connectivity index (χ3n) is 5.06. The number of carbonyl (C=O) groups is 1. The molecule has 2 atom stereocenters. The number of benzene rings is 2. The number of aliphatic hydroxyl groups is 1. The van der Waals surface area contributed by atoms with Gasteiger partial charge in [0, 0.05) is 19.2 Å². The van der Waals surface area contributed by atoms with Gasteiger partial charge >= 0.3 is 11.8 Å². The quantitative estimate of drug-likeness (QED) is 0.348. The second kappa shape index (κ2) is 10.2. The van der Waals surface area contributed by atoms with E-state index in [9.17, 15) is 28.2 Å². The highest BCUT2D eigenvalue weighted by Gasteiger charge is 2.31. The van der Waals surface area contributed by atoms with Gasteiger partial charge in [-0.25, -0.2) is 18.0 Å². The minimum atomic E-state index is -4.09. The van der Waals surface area contributed by atoms with Crippen molar-refractivity contribution in [3.63, 3.8) is 0 Å². The van der Waals surface area contributed by atoms with Gasteiger partial charge in [-0.3, -0.25) is 4.98 Å². The van der Waals surface area contributed by atoms with E-state index in [0.29, 0.717) is 5.52 Å². The van der Waals surface area contributed by atoms with E-state index in [-0.39, 0.29) is 35.9 Å². The molecule has 0 spiro atoms. The van der Waals surface area contributed by atoms with E-state index in [1.165, 1.54) is 18.2 Å². The summed E-state index contributed by atoms with van der Waals surface area (Å²) in [7, 11) is -4.09. The standard InChI is InChI=1S/C22H27N3O7S/c1-14(2)12-25(33(30,31)16-8-9-17-20(11-16)32-22(29)24-17)13-19(26)18(23-21(27)28)10-15-6-4-3-5-7-15/h3-9,11,14,18-19,23,26H,10,12-13H2,1-2H3,(H,24,29)(H,27,28)/t18-,19-/m0/s1. The summed E-state index contributed by atoms with van der Waals surface area (Å²) in [5.41, 5.74) is 1.25. The number of fused-ring (bicyclic) bond motifs is 1. The van der Waals surface area contributed by atoms with Crippen molar-refractivity contribution in [3.8, 4) is 0 Å². The molecule has 1 amide bonds. The van der Waals surface area contributed by atoms with Crippen molar-refractivity contribution in [2.24, 2.45) is 5.92 Å². The molecule has 0 radical (unpaired) electrons. The fourth-order valence-electron chi connectivity index (χ4n) is 3.56. The van der Waals surface area contributed by atoms with Crippen molar-refractivity contribution in [2.75, 3.05) is 13.1 Å². The molecule has 2 aromatic carbocycles. The fourth-order valence-corrected chi connectivity index (χ4v) is 5.20. The molecule has 3 aromatic rings. The molecule has 1 aromatic heterocycles. The molecule has 178 valence electrons. The first-order valence-corrected chi connectivity index (χ1v) is 11.8. The average molecular weight is 478 g/mol. The Bertz CT molecular complexity index is 1250. The van der Waals surface area contributed by atoms with E-state index in [1.54, 1.807) is 24.3 Å². The summed E-state index contributed by atoms with van der Waals surface area (Å²) in [6, 6.07) is 12.1. The summed E-state index contributed by atoms with van der Waals surface area (Å²) >= 11 is 0. The van der Waals surface area contributed by atoms with Gasteiger partial charge in [0.15, 0.2) is 5.58 Å². The minimum absolute atomic E-state index is 0.0686. The van der Waals surface area contributed by atoms with Crippen LogP contribution in [0.15, 0.2) is 62.6 Å². The number of hydrogen-bond donors (Lipinski definition) is 4. The monoisotopic (exact) mass is 477 g/mol. The van der Waals surface area contributed by atoms with Crippen molar-refractivity contribution in [2.45, 2.75) is 37.3 Å². The third-order valence-corrected chi connectivity index (χ3v) is 6.89. The highest BCUT2D eigenvalue weighted by atomic mass is 32.2. The van der Waals surface area contributed by atoms with Crippen LogP contribution in [-0.2, 0) is 16.4 Å². The van der Waals surface area contributed by atoms with Crippen LogP contribution in [0.25, 0.3) is 11.1 Å². The maximum atomic E-state index is 13.4. The lowest BCUT2D eigenvalue weighted by molar-refractivity contribution is 0.0980. The number of aromatic amines is 1. The SMILES string of the molecule is CC(C)CN(C[C@H](O)[C@H](Cc1ccccc1)NC(=O)O)S(=O)(=O)c1ccc2[nH]c(=O)oc2c1. The van der Waals surface area contributed by atoms with Gasteiger partial charge in [0.25, 0.3) is 0 Å². The number of oxazole rings is 1. The van der Waals surface area contributed by atoms with Gasteiger partial charge in [-0.05, 0) is 30.0 Å². The van der Waals surface area contributed by atoms with Crippen molar-refractivity contribution < 1.29 is 27.8 Å². The zero-order valence-corrected chi connectivity index (χ0v) is 19.1. The van der Waals surface area contributed by atoms with Crippen LogP contribution in [0.4, 0.5) is 4.79 Å². The molecule has 0 bridgehead atoms. The zero-order valence-electron chi connectivity index (χ0n) is 18.3. The lowest BCUT2D eigenvalue weighted by atomic mass is 10.0. The molecule has 10 nitrogen and oxygen atoms in total. The largest absolute Gasteiger partial charge is 0.465 e. The number of hydrogen-bond acceptors (Lipinski definition) is 6. The molecule has 3 rings (SSSR count). The number of aliphatic hydroxyl groups excluding tert-OH is 1. The summed E-state index contributed by atoms with van der Waals surface area (Å²) in [6.07, 6.45) is -2.45. The Morgan fingerprint density at radius 3 is 2.48 bits per heavy atom. The second-order valence-electron chi connectivity index (χ2n) is 8.20. The highest BCUT2D eigenvalue weighted by molar-refractivity contribution is 7.89. The molecule has 1 heterocycles. The second-order valence-corrected chi connectivity index (χ2v) is 10.1. The Labute approximate surface area is 190 Å². The number of carboxylic acid groups (broad SMARTS) is 1. The number of nitrogens with one attached hydrogen (secondary N) is 2. The van der Waals surface area contributed by atoms with Crippen LogP contribution in [-0.4, -0.2) is 59.2 Å². The third kappa shape index (κ3) is 6.21. The van der Waals surface area contributed by atoms with Gasteiger partial charge in [-0.2, -0.15) is 4.31 Å². The molecular formula is C22H27N3O7S. The summed E-state index contributed by atoms with van der Waals surface area (Å²) in [5.74, 6) is -0.765. The first kappa shape index (κ1) is 24.5. The summed E-state index contributed by atoms with van der Waals surface area (Å²) < 4.78 is 32.9. The van der Waals surface area contributed by atoms with Gasteiger partial charge in [0.1, 0.15) is 0 Å². The molecular weight excluding hydrogens is 450 g/mol. The summed E-state index contributed by atoms with van der Waals surface area (Å²) in [4.78, 5) is 25.1. The smallest absolute Gasteiger partial charge is 0.417 e. The Morgan fingerprint density at radius 2 is 1.85 bits per heavy atom. The van der Waals surface area contributed by atoms with Gasteiger partial charge in [0.2, 0.25) is 10.0 Å². The molecule has 0 saturated heterocycles. The fraction of sp³-hybridized carbons (Fsp3) is 0.364. The van der Waals surface area contributed by atoms with Crippen LogP contribution >= 0.6 is 0 Å². The minimum Gasteiger partial charge on any atom is -0.465 e. The number of nitrogens with zero attached hydrogens (tertiary/aromatic N) is 1. The van der Waals surface area contributed by atoms with Crippen LogP contribution in [0.2, 0.25) is 0 Å². The maximum Gasteiger partial charge on any atom is 0.417 e. The topological polar surface area (TPSA) is 153 Å². The molecule has 11 heteroatoms. The lowest BCUT2D eigenvalue weighted by Gasteiger charge is -2.30.